The fourth-order valence-corrected chi connectivity index (χ4v) is 3.83. The zero-order valence-electron chi connectivity index (χ0n) is 15.8. The van der Waals surface area contributed by atoms with Gasteiger partial charge in [-0.05, 0) is 48.9 Å². The number of benzene rings is 1. The van der Waals surface area contributed by atoms with Crippen LogP contribution in [-0.4, -0.2) is 25.7 Å². The third kappa shape index (κ3) is 4.35. The SMILES string of the molecule is C[C@H](c1ccncc1)n1nccc1NC(=O)c1cccnc1Sc1ccccc1. The highest BCUT2D eigenvalue weighted by molar-refractivity contribution is 7.99. The number of pyridine rings is 2. The number of nitrogens with zero attached hydrogens (tertiary/aromatic N) is 4. The zero-order valence-corrected chi connectivity index (χ0v) is 16.6. The van der Waals surface area contributed by atoms with Crippen LogP contribution in [0.1, 0.15) is 28.9 Å². The molecule has 3 aromatic heterocycles. The fraction of sp³-hybridized carbons (Fsp3) is 0.0909. The summed E-state index contributed by atoms with van der Waals surface area (Å²) in [5, 5.41) is 8.02. The molecule has 1 N–H and O–H groups in total. The van der Waals surface area contributed by atoms with Gasteiger partial charge in [0.25, 0.3) is 5.91 Å². The van der Waals surface area contributed by atoms with Crippen LogP contribution in [0.15, 0.2) is 95.4 Å². The van der Waals surface area contributed by atoms with Gasteiger partial charge in [0.2, 0.25) is 0 Å². The summed E-state index contributed by atoms with van der Waals surface area (Å²) in [6, 6.07) is 19.0. The van der Waals surface area contributed by atoms with E-state index in [1.165, 1.54) is 11.8 Å². The molecule has 0 saturated carbocycles. The minimum absolute atomic E-state index is 0.0460. The van der Waals surface area contributed by atoms with Gasteiger partial charge in [-0.1, -0.05) is 30.0 Å². The summed E-state index contributed by atoms with van der Waals surface area (Å²) in [5.74, 6) is 0.402. The molecule has 0 spiro atoms. The van der Waals surface area contributed by atoms with Crippen molar-refractivity contribution in [2.45, 2.75) is 22.9 Å². The Morgan fingerprint density at radius 1 is 0.966 bits per heavy atom. The predicted molar refractivity (Wildman–Crippen MR) is 113 cm³/mol. The van der Waals surface area contributed by atoms with Crippen LogP contribution >= 0.6 is 11.8 Å². The summed E-state index contributed by atoms with van der Waals surface area (Å²) in [6.45, 7) is 2.03. The molecule has 0 bridgehead atoms. The van der Waals surface area contributed by atoms with E-state index in [1.54, 1.807) is 47.7 Å². The highest BCUT2D eigenvalue weighted by Crippen LogP contribution is 2.29. The lowest BCUT2D eigenvalue weighted by molar-refractivity contribution is 0.102. The van der Waals surface area contributed by atoms with Crippen LogP contribution in [0.2, 0.25) is 0 Å². The summed E-state index contributed by atoms with van der Waals surface area (Å²) in [7, 11) is 0. The second-order valence-electron chi connectivity index (χ2n) is 6.34. The van der Waals surface area contributed by atoms with E-state index in [4.69, 9.17) is 0 Å². The van der Waals surface area contributed by atoms with Gasteiger partial charge >= 0.3 is 0 Å². The maximum Gasteiger partial charge on any atom is 0.259 e. The van der Waals surface area contributed by atoms with Gasteiger partial charge in [0, 0.05) is 29.6 Å². The van der Waals surface area contributed by atoms with E-state index >= 15 is 0 Å². The monoisotopic (exact) mass is 401 g/mol. The van der Waals surface area contributed by atoms with Gasteiger partial charge in [-0.15, -0.1) is 0 Å². The third-order valence-electron chi connectivity index (χ3n) is 4.44. The minimum Gasteiger partial charge on any atom is -0.307 e. The molecule has 1 atom stereocenters. The van der Waals surface area contributed by atoms with Crippen LogP contribution < -0.4 is 5.32 Å². The van der Waals surface area contributed by atoms with Gasteiger partial charge in [0.15, 0.2) is 0 Å². The lowest BCUT2D eigenvalue weighted by Gasteiger charge is -2.16. The van der Waals surface area contributed by atoms with Crippen molar-refractivity contribution in [3.05, 3.63) is 96.6 Å². The maximum absolute atomic E-state index is 13.0. The number of nitrogens with one attached hydrogen (secondary N) is 1. The second kappa shape index (κ2) is 8.70. The van der Waals surface area contributed by atoms with Crippen molar-refractivity contribution in [1.29, 1.82) is 0 Å². The average molecular weight is 401 g/mol. The Hall–Kier alpha value is -3.45. The minimum atomic E-state index is -0.222. The van der Waals surface area contributed by atoms with E-state index in [0.717, 1.165) is 10.5 Å². The molecule has 1 aromatic carbocycles. The van der Waals surface area contributed by atoms with Crippen LogP contribution in [0.4, 0.5) is 5.82 Å². The fourth-order valence-electron chi connectivity index (χ4n) is 2.93. The van der Waals surface area contributed by atoms with E-state index in [-0.39, 0.29) is 11.9 Å². The van der Waals surface area contributed by atoms with Crippen molar-refractivity contribution in [3.63, 3.8) is 0 Å². The summed E-state index contributed by atoms with van der Waals surface area (Å²) in [4.78, 5) is 22.5. The molecule has 7 heteroatoms. The number of rotatable bonds is 6. The molecule has 3 heterocycles. The van der Waals surface area contributed by atoms with Crippen molar-refractivity contribution < 1.29 is 4.79 Å². The van der Waals surface area contributed by atoms with Gasteiger partial charge < -0.3 is 5.32 Å². The molecule has 0 aliphatic rings. The van der Waals surface area contributed by atoms with Gasteiger partial charge in [0.1, 0.15) is 10.8 Å². The van der Waals surface area contributed by atoms with Crippen molar-refractivity contribution in [3.8, 4) is 0 Å². The Morgan fingerprint density at radius 3 is 2.55 bits per heavy atom. The number of carbonyl (C=O) groups excluding carboxylic acids is 1. The average Bonchev–Trinajstić information content (AvgIpc) is 3.23. The molecule has 29 heavy (non-hydrogen) atoms. The Morgan fingerprint density at radius 2 is 1.76 bits per heavy atom. The van der Waals surface area contributed by atoms with Crippen LogP contribution in [0.25, 0.3) is 0 Å². The molecule has 4 rings (SSSR count). The first kappa shape index (κ1) is 18.9. The summed E-state index contributed by atoms with van der Waals surface area (Å²) >= 11 is 1.46. The number of anilines is 1. The van der Waals surface area contributed by atoms with E-state index in [2.05, 4.69) is 20.4 Å². The van der Waals surface area contributed by atoms with Gasteiger partial charge in [-0.3, -0.25) is 9.78 Å². The molecule has 0 saturated heterocycles. The molecule has 6 nitrogen and oxygen atoms in total. The van der Waals surface area contributed by atoms with Crippen LogP contribution in [0, 0.1) is 0 Å². The first-order chi connectivity index (χ1) is 14.2. The van der Waals surface area contributed by atoms with E-state index in [1.807, 2.05) is 49.4 Å². The molecule has 0 fully saturated rings. The quantitative estimate of drug-likeness (QED) is 0.508. The van der Waals surface area contributed by atoms with Crippen molar-refractivity contribution >= 4 is 23.5 Å². The summed E-state index contributed by atoms with van der Waals surface area (Å²) in [6.07, 6.45) is 6.86. The van der Waals surface area contributed by atoms with E-state index < -0.39 is 0 Å². The normalized spacial score (nSPS) is 11.8. The van der Waals surface area contributed by atoms with Crippen molar-refractivity contribution in [2.24, 2.45) is 0 Å². The van der Waals surface area contributed by atoms with Gasteiger partial charge in [0.05, 0.1) is 17.8 Å². The number of carbonyl (C=O) groups is 1. The molecule has 144 valence electrons. The van der Waals surface area contributed by atoms with Gasteiger partial charge in [-0.2, -0.15) is 5.10 Å². The molecule has 0 unspecified atom stereocenters. The Kier molecular flexibility index (Phi) is 5.67. The van der Waals surface area contributed by atoms with Crippen molar-refractivity contribution in [2.75, 3.05) is 5.32 Å². The highest BCUT2D eigenvalue weighted by atomic mass is 32.2. The first-order valence-electron chi connectivity index (χ1n) is 9.15. The van der Waals surface area contributed by atoms with E-state index in [9.17, 15) is 4.79 Å². The van der Waals surface area contributed by atoms with Crippen LogP contribution in [-0.2, 0) is 0 Å². The van der Waals surface area contributed by atoms with Crippen LogP contribution in [0.5, 0.6) is 0 Å². The lowest BCUT2D eigenvalue weighted by atomic mass is 10.1. The molecule has 4 aromatic rings. The Balaban J connectivity index is 1.56. The molecule has 1 amide bonds. The molecular formula is C22H19N5OS. The number of amides is 1. The smallest absolute Gasteiger partial charge is 0.259 e. The van der Waals surface area contributed by atoms with Crippen molar-refractivity contribution in [1.82, 2.24) is 19.7 Å². The molecule has 0 radical (unpaired) electrons. The maximum atomic E-state index is 13.0. The standard InChI is InChI=1S/C22H19N5OS/c1-16(17-9-13-23-14-10-17)27-20(11-15-25-27)26-21(28)19-8-5-12-24-22(19)29-18-6-3-2-4-7-18/h2-16H,1H3,(H,26,28)/t16-/m1/s1. The summed E-state index contributed by atoms with van der Waals surface area (Å²) in [5.41, 5.74) is 1.58. The molecule has 0 aliphatic carbocycles. The first-order valence-corrected chi connectivity index (χ1v) is 9.97. The molecule has 0 aliphatic heterocycles. The molecular weight excluding hydrogens is 382 g/mol. The zero-order chi connectivity index (χ0) is 20.1. The highest BCUT2D eigenvalue weighted by Gasteiger charge is 2.18. The number of hydrogen-bond donors (Lipinski definition) is 1. The lowest BCUT2D eigenvalue weighted by Crippen LogP contribution is -2.19. The predicted octanol–water partition coefficient (Wildman–Crippen LogP) is 4.69. The van der Waals surface area contributed by atoms with Crippen LogP contribution in [0.3, 0.4) is 0 Å². The topological polar surface area (TPSA) is 72.7 Å². The number of hydrogen-bond acceptors (Lipinski definition) is 5. The van der Waals surface area contributed by atoms with Gasteiger partial charge in [-0.25, -0.2) is 9.67 Å². The Labute approximate surface area is 173 Å². The summed E-state index contributed by atoms with van der Waals surface area (Å²) < 4.78 is 1.79. The van der Waals surface area contributed by atoms with E-state index in [0.29, 0.717) is 16.4 Å². The largest absolute Gasteiger partial charge is 0.307 e. The third-order valence-corrected chi connectivity index (χ3v) is 5.47. The number of aromatic nitrogens is 4. The Bertz CT molecular complexity index is 1100. The second-order valence-corrected chi connectivity index (χ2v) is 7.41.